The van der Waals surface area contributed by atoms with E-state index in [1.165, 1.54) is 22.8 Å². The minimum Gasteiger partial charge on any atom is -0.379 e. The summed E-state index contributed by atoms with van der Waals surface area (Å²) in [7, 11) is 1.83. The molecule has 2 fully saturated rings. The third-order valence-corrected chi connectivity index (χ3v) is 7.31. The summed E-state index contributed by atoms with van der Waals surface area (Å²) in [6.07, 6.45) is 4.25. The van der Waals surface area contributed by atoms with Gasteiger partial charge in [0.05, 0.1) is 19.8 Å². The molecule has 1 aromatic heterocycles. The Morgan fingerprint density at radius 1 is 1.40 bits per heavy atom. The van der Waals surface area contributed by atoms with E-state index < -0.39 is 0 Å². The molecule has 25 heavy (non-hydrogen) atoms. The van der Waals surface area contributed by atoms with Crippen LogP contribution in [0.1, 0.15) is 23.2 Å². The van der Waals surface area contributed by atoms with Gasteiger partial charge >= 0.3 is 0 Å². The van der Waals surface area contributed by atoms with E-state index in [-0.39, 0.29) is 5.54 Å². The first-order chi connectivity index (χ1) is 12.3. The zero-order valence-corrected chi connectivity index (χ0v) is 16.8. The van der Waals surface area contributed by atoms with Gasteiger partial charge in [-0.1, -0.05) is 6.92 Å². The molecule has 2 saturated heterocycles. The number of aryl methyl sites for hydroxylation is 1. The summed E-state index contributed by atoms with van der Waals surface area (Å²) in [6, 6.07) is 0. The molecule has 2 aliphatic heterocycles. The zero-order valence-electron chi connectivity index (χ0n) is 15.2. The Labute approximate surface area is 158 Å². The molecule has 3 rings (SSSR count). The Morgan fingerprint density at radius 2 is 2.24 bits per heavy atom. The van der Waals surface area contributed by atoms with Crippen molar-refractivity contribution in [1.29, 1.82) is 0 Å². The third-order valence-electron chi connectivity index (χ3n) is 4.93. The van der Waals surface area contributed by atoms with Crippen LogP contribution in [0, 0.1) is 0 Å². The highest BCUT2D eigenvalue weighted by molar-refractivity contribution is 7.99. The molecule has 0 amide bonds. The van der Waals surface area contributed by atoms with E-state index in [9.17, 15) is 0 Å². The van der Waals surface area contributed by atoms with Crippen molar-refractivity contribution in [2.75, 3.05) is 51.4 Å². The lowest BCUT2D eigenvalue weighted by molar-refractivity contribution is -0.0120. The number of aromatic nitrogens is 1. The van der Waals surface area contributed by atoms with Crippen LogP contribution in [0.15, 0.2) is 11.2 Å². The minimum absolute atomic E-state index is 0.225. The molecule has 6 nitrogen and oxygen atoms in total. The fourth-order valence-corrected chi connectivity index (χ4v) is 5.64. The van der Waals surface area contributed by atoms with Crippen LogP contribution in [0.2, 0.25) is 0 Å². The second-order valence-electron chi connectivity index (χ2n) is 6.48. The summed E-state index contributed by atoms with van der Waals surface area (Å²) < 4.78 is 5.54. The minimum atomic E-state index is 0.225. The standard InChI is InChI=1S/C17H29N5OS2/c1-3-14-10-19-15(25-14)11-20-16(18-2)21-12-17(4-9-24-13-17)22-5-7-23-8-6-22/h10H,3-9,11-13H2,1-2H3,(H2,18,20,21). The molecule has 0 spiro atoms. The number of hydrogen-bond donors (Lipinski definition) is 2. The van der Waals surface area contributed by atoms with E-state index in [0.717, 1.165) is 56.8 Å². The third kappa shape index (κ3) is 4.87. The molecule has 0 saturated carbocycles. The number of hydrogen-bond acceptors (Lipinski definition) is 6. The maximum Gasteiger partial charge on any atom is 0.191 e. The summed E-state index contributed by atoms with van der Waals surface area (Å²) >= 11 is 3.83. The summed E-state index contributed by atoms with van der Waals surface area (Å²) in [5.41, 5.74) is 0.225. The second-order valence-corrected chi connectivity index (χ2v) is 8.78. The van der Waals surface area contributed by atoms with Crippen LogP contribution in [0.5, 0.6) is 0 Å². The molecule has 1 unspecified atom stereocenters. The molecule has 8 heteroatoms. The van der Waals surface area contributed by atoms with E-state index in [1.54, 1.807) is 11.3 Å². The van der Waals surface area contributed by atoms with Gasteiger partial charge < -0.3 is 15.4 Å². The number of morpholine rings is 1. The molecule has 2 N–H and O–H groups in total. The number of nitrogens with one attached hydrogen (secondary N) is 2. The molecule has 0 aromatic carbocycles. The molecule has 0 aliphatic carbocycles. The Hall–Kier alpha value is -0.830. The van der Waals surface area contributed by atoms with Crippen molar-refractivity contribution in [2.45, 2.75) is 31.8 Å². The molecule has 2 aliphatic rings. The smallest absolute Gasteiger partial charge is 0.191 e. The number of nitrogens with zero attached hydrogens (tertiary/aromatic N) is 3. The lowest BCUT2D eigenvalue weighted by Gasteiger charge is -2.43. The SMILES string of the molecule is CCc1cnc(CNC(=NC)NCC2(N3CCOCC3)CCSC2)s1. The molecular formula is C17H29N5OS2. The quantitative estimate of drug-likeness (QED) is 0.574. The summed E-state index contributed by atoms with van der Waals surface area (Å²) in [6.45, 7) is 7.59. The average molecular weight is 384 g/mol. The highest BCUT2D eigenvalue weighted by Gasteiger charge is 2.40. The molecular weight excluding hydrogens is 354 g/mol. The summed E-state index contributed by atoms with van der Waals surface area (Å²) in [5.74, 6) is 3.28. The Kier molecular flexibility index (Phi) is 6.98. The van der Waals surface area contributed by atoms with Gasteiger partial charge in [-0.25, -0.2) is 4.98 Å². The van der Waals surface area contributed by atoms with Crippen LogP contribution in [0.4, 0.5) is 0 Å². The molecule has 140 valence electrons. The van der Waals surface area contributed by atoms with Crippen molar-refractivity contribution < 1.29 is 4.74 Å². The van der Waals surface area contributed by atoms with Gasteiger partial charge in [0.2, 0.25) is 0 Å². The van der Waals surface area contributed by atoms with E-state index in [1.807, 2.05) is 13.2 Å². The summed E-state index contributed by atoms with van der Waals surface area (Å²) in [4.78, 5) is 12.8. The van der Waals surface area contributed by atoms with E-state index >= 15 is 0 Å². The topological polar surface area (TPSA) is 61.8 Å². The normalized spacial score (nSPS) is 25.3. The highest BCUT2D eigenvalue weighted by Crippen LogP contribution is 2.33. The average Bonchev–Trinajstić information content (AvgIpc) is 3.33. The number of ether oxygens (including phenoxy) is 1. The lowest BCUT2D eigenvalue weighted by Crippen LogP contribution is -2.60. The number of guanidine groups is 1. The van der Waals surface area contributed by atoms with Crippen LogP contribution in [0.25, 0.3) is 0 Å². The molecule has 1 atom stereocenters. The van der Waals surface area contributed by atoms with Crippen molar-refractivity contribution in [3.05, 3.63) is 16.1 Å². The highest BCUT2D eigenvalue weighted by atomic mass is 32.2. The van der Waals surface area contributed by atoms with Crippen molar-refractivity contribution >= 4 is 29.1 Å². The predicted molar refractivity (Wildman–Crippen MR) is 107 cm³/mol. The Bertz CT molecular complexity index is 565. The first-order valence-corrected chi connectivity index (χ1v) is 11.0. The number of rotatable bonds is 6. The monoisotopic (exact) mass is 383 g/mol. The lowest BCUT2D eigenvalue weighted by atomic mass is 9.95. The van der Waals surface area contributed by atoms with E-state index in [4.69, 9.17) is 4.74 Å². The van der Waals surface area contributed by atoms with Crippen molar-refractivity contribution in [1.82, 2.24) is 20.5 Å². The van der Waals surface area contributed by atoms with Crippen molar-refractivity contribution in [3.8, 4) is 0 Å². The predicted octanol–water partition coefficient (Wildman–Crippen LogP) is 1.58. The Morgan fingerprint density at radius 3 is 2.88 bits per heavy atom. The van der Waals surface area contributed by atoms with Crippen molar-refractivity contribution in [3.63, 3.8) is 0 Å². The maximum absolute atomic E-state index is 5.54. The van der Waals surface area contributed by atoms with Crippen LogP contribution in [-0.4, -0.2) is 72.8 Å². The molecule has 1 aromatic rings. The van der Waals surface area contributed by atoms with Crippen LogP contribution in [0.3, 0.4) is 0 Å². The number of thiazole rings is 1. The van der Waals surface area contributed by atoms with E-state index in [2.05, 4.69) is 44.2 Å². The fraction of sp³-hybridized carbons (Fsp3) is 0.765. The van der Waals surface area contributed by atoms with Gasteiger partial charge in [0.1, 0.15) is 5.01 Å². The van der Waals surface area contributed by atoms with Gasteiger partial charge in [0.15, 0.2) is 5.96 Å². The van der Waals surface area contributed by atoms with Crippen LogP contribution >= 0.6 is 23.1 Å². The van der Waals surface area contributed by atoms with Gasteiger partial charge in [-0.3, -0.25) is 9.89 Å². The van der Waals surface area contributed by atoms with Gasteiger partial charge in [0, 0.05) is 49.0 Å². The van der Waals surface area contributed by atoms with Gasteiger partial charge in [-0.15, -0.1) is 11.3 Å². The van der Waals surface area contributed by atoms with Crippen molar-refractivity contribution in [2.24, 2.45) is 4.99 Å². The van der Waals surface area contributed by atoms with Gasteiger partial charge in [-0.2, -0.15) is 11.8 Å². The Balaban J connectivity index is 1.53. The molecule has 0 bridgehead atoms. The number of thioether (sulfide) groups is 1. The second kappa shape index (κ2) is 9.21. The maximum atomic E-state index is 5.54. The summed E-state index contributed by atoms with van der Waals surface area (Å²) in [5, 5.41) is 8.07. The van der Waals surface area contributed by atoms with Crippen LogP contribution in [-0.2, 0) is 17.7 Å². The van der Waals surface area contributed by atoms with Gasteiger partial charge in [-0.05, 0) is 18.6 Å². The fourth-order valence-electron chi connectivity index (χ4n) is 3.36. The first-order valence-electron chi connectivity index (χ1n) is 9.04. The first kappa shape index (κ1) is 18.9. The van der Waals surface area contributed by atoms with Gasteiger partial charge in [0.25, 0.3) is 0 Å². The molecule has 3 heterocycles. The zero-order chi connectivity index (χ0) is 17.5. The number of aliphatic imine (C=N–C) groups is 1. The largest absolute Gasteiger partial charge is 0.379 e. The molecule has 0 radical (unpaired) electrons. The van der Waals surface area contributed by atoms with E-state index in [0.29, 0.717) is 0 Å². The van der Waals surface area contributed by atoms with Crippen LogP contribution < -0.4 is 10.6 Å².